The number of nitrogens with zero attached hydrogens (tertiary/aromatic N) is 3. The zero-order chi connectivity index (χ0) is 13.1. The molecule has 0 aliphatic rings. The van der Waals surface area contributed by atoms with Crippen molar-refractivity contribution in [2.45, 2.75) is 19.9 Å². The summed E-state index contributed by atoms with van der Waals surface area (Å²) < 4.78 is 1.89. The summed E-state index contributed by atoms with van der Waals surface area (Å²) in [5, 5.41) is 7.51. The Morgan fingerprint density at radius 1 is 1.39 bits per heavy atom. The Balaban J connectivity index is 2.34. The van der Waals surface area contributed by atoms with Crippen LogP contribution in [0.5, 0.6) is 0 Å². The smallest absolute Gasteiger partial charge is 0.128 e. The van der Waals surface area contributed by atoms with Crippen molar-refractivity contribution >= 4 is 28.7 Å². The Kier molecular flexibility index (Phi) is 3.57. The van der Waals surface area contributed by atoms with Crippen LogP contribution in [0.1, 0.15) is 25.6 Å². The van der Waals surface area contributed by atoms with Crippen LogP contribution in [0.25, 0.3) is 0 Å². The van der Waals surface area contributed by atoms with Gasteiger partial charge in [0.25, 0.3) is 0 Å². The number of thiocarbonyl (C=S) groups is 1. The molecule has 0 radical (unpaired) electrons. The van der Waals surface area contributed by atoms with Gasteiger partial charge in [-0.15, -0.1) is 0 Å². The number of hydrogen-bond donors (Lipinski definition) is 2. The first kappa shape index (κ1) is 12.5. The van der Waals surface area contributed by atoms with E-state index in [0.29, 0.717) is 5.69 Å². The van der Waals surface area contributed by atoms with Crippen LogP contribution in [0.3, 0.4) is 0 Å². The quantitative estimate of drug-likeness (QED) is 0.826. The van der Waals surface area contributed by atoms with E-state index in [4.69, 9.17) is 18.0 Å². The zero-order valence-electron chi connectivity index (χ0n) is 10.3. The minimum absolute atomic E-state index is 0.271. The van der Waals surface area contributed by atoms with Crippen molar-refractivity contribution in [3.05, 3.63) is 36.3 Å². The lowest BCUT2D eigenvalue weighted by atomic mass is 10.3. The average molecular weight is 261 g/mol. The molecule has 0 saturated heterocycles. The Labute approximate surface area is 111 Å². The standard InChI is InChI=1S/C12H15N5S/c1-8(2)17-10(5-7-15-17)16-9-4-3-6-14-11(9)12(13)18/h3-8,16H,1-2H3,(H2,13,18). The van der Waals surface area contributed by atoms with E-state index in [2.05, 4.69) is 29.2 Å². The van der Waals surface area contributed by atoms with Gasteiger partial charge in [0.1, 0.15) is 16.5 Å². The molecule has 0 atom stereocenters. The van der Waals surface area contributed by atoms with Crippen molar-refractivity contribution in [1.82, 2.24) is 14.8 Å². The molecule has 2 aromatic rings. The summed E-state index contributed by atoms with van der Waals surface area (Å²) in [4.78, 5) is 4.45. The molecule has 0 aliphatic carbocycles. The van der Waals surface area contributed by atoms with Gasteiger partial charge in [-0.2, -0.15) is 5.10 Å². The van der Waals surface area contributed by atoms with Crippen molar-refractivity contribution in [3.63, 3.8) is 0 Å². The molecular weight excluding hydrogens is 246 g/mol. The Bertz CT molecular complexity index is 561. The molecule has 6 heteroatoms. The van der Waals surface area contributed by atoms with Gasteiger partial charge in [-0.3, -0.25) is 4.98 Å². The first-order valence-corrected chi connectivity index (χ1v) is 6.05. The van der Waals surface area contributed by atoms with E-state index in [-0.39, 0.29) is 11.0 Å². The molecule has 0 spiro atoms. The minimum Gasteiger partial charge on any atom is -0.388 e. The van der Waals surface area contributed by atoms with Gasteiger partial charge in [-0.05, 0) is 26.0 Å². The predicted molar refractivity (Wildman–Crippen MR) is 76.0 cm³/mol. The van der Waals surface area contributed by atoms with E-state index in [0.717, 1.165) is 11.5 Å². The second-order valence-electron chi connectivity index (χ2n) is 4.14. The van der Waals surface area contributed by atoms with Gasteiger partial charge in [-0.1, -0.05) is 12.2 Å². The summed E-state index contributed by atoms with van der Waals surface area (Å²) in [5.74, 6) is 0.885. The maximum atomic E-state index is 5.65. The fourth-order valence-electron chi connectivity index (χ4n) is 1.67. The van der Waals surface area contributed by atoms with Crippen molar-refractivity contribution in [3.8, 4) is 0 Å². The number of aromatic nitrogens is 3. The summed E-state index contributed by atoms with van der Waals surface area (Å²) in [5.41, 5.74) is 7.02. The van der Waals surface area contributed by atoms with Gasteiger partial charge in [0, 0.05) is 18.3 Å². The number of rotatable bonds is 4. The van der Waals surface area contributed by atoms with Crippen molar-refractivity contribution in [2.75, 3.05) is 5.32 Å². The van der Waals surface area contributed by atoms with Gasteiger partial charge < -0.3 is 11.1 Å². The Morgan fingerprint density at radius 3 is 2.83 bits per heavy atom. The van der Waals surface area contributed by atoms with Crippen molar-refractivity contribution < 1.29 is 0 Å². The molecule has 2 heterocycles. The lowest BCUT2D eigenvalue weighted by molar-refractivity contribution is 0.540. The van der Waals surface area contributed by atoms with Crippen molar-refractivity contribution in [1.29, 1.82) is 0 Å². The van der Waals surface area contributed by atoms with Gasteiger partial charge in [0.15, 0.2) is 0 Å². The number of hydrogen-bond acceptors (Lipinski definition) is 4. The van der Waals surface area contributed by atoms with E-state index < -0.39 is 0 Å². The van der Waals surface area contributed by atoms with Crippen molar-refractivity contribution in [2.24, 2.45) is 5.73 Å². The monoisotopic (exact) mass is 261 g/mol. The molecule has 0 aliphatic heterocycles. The van der Waals surface area contributed by atoms with E-state index in [9.17, 15) is 0 Å². The van der Waals surface area contributed by atoms with Gasteiger partial charge in [0.05, 0.1) is 11.9 Å². The molecule has 2 rings (SSSR count). The molecule has 5 nitrogen and oxygen atoms in total. The fourth-order valence-corrected chi connectivity index (χ4v) is 1.83. The largest absolute Gasteiger partial charge is 0.388 e. The normalized spacial score (nSPS) is 10.6. The topological polar surface area (TPSA) is 68.8 Å². The van der Waals surface area contributed by atoms with Crippen LogP contribution < -0.4 is 11.1 Å². The molecule has 0 saturated carbocycles. The first-order valence-electron chi connectivity index (χ1n) is 5.65. The Morgan fingerprint density at radius 2 is 2.17 bits per heavy atom. The number of pyridine rings is 1. The van der Waals surface area contributed by atoms with E-state index in [1.165, 1.54) is 0 Å². The molecule has 0 bridgehead atoms. The summed E-state index contributed by atoms with van der Waals surface area (Å²) in [6.07, 6.45) is 3.42. The second kappa shape index (κ2) is 5.14. The third-order valence-corrected chi connectivity index (χ3v) is 2.66. The van der Waals surface area contributed by atoms with E-state index in [1.54, 1.807) is 12.4 Å². The van der Waals surface area contributed by atoms with E-state index in [1.807, 2.05) is 22.9 Å². The SMILES string of the molecule is CC(C)n1nccc1Nc1cccnc1C(N)=S. The van der Waals surface area contributed by atoms with Crippen LogP contribution in [0.4, 0.5) is 11.5 Å². The zero-order valence-corrected chi connectivity index (χ0v) is 11.1. The summed E-state index contributed by atoms with van der Waals surface area (Å²) >= 11 is 4.98. The van der Waals surface area contributed by atoms with Crippen LogP contribution in [-0.4, -0.2) is 19.8 Å². The fraction of sp³-hybridized carbons (Fsp3) is 0.250. The molecular formula is C12H15N5S. The van der Waals surface area contributed by atoms with Crippen LogP contribution >= 0.6 is 12.2 Å². The van der Waals surface area contributed by atoms with Gasteiger partial charge >= 0.3 is 0 Å². The molecule has 0 amide bonds. The maximum absolute atomic E-state index is 5.65. The van der Waals surface area contributed by atoms with Gasteiger partial charge in [-0.25, -0.2) is 4.68 Å². The van der Waals surface area contributed by atoms with Crippen LogP contribution in [-0.2, 0) is 0 Å². The molecule has 18 heavy (non-hydrogen) atoms. The number of nitrogens with two attached hydrogens (primary N) is 1. The lowest BCUT2D eigenvalue weighted by Crippen LogP contribution is -2.15. The average Bonchev–Trinajstić information content (AvgIpc) is 2.77. The molecule has 3 N–H and O–H groups in total. The predicted octanol–water partition coefficient (Wildman–Crippen LogP) is 2.24. The second-order valence-corrected chi connectivity index (χ2v) is 4.58. The first-order chi connectivity index (χ1) is 8.59. The molecule has 94 valence electrons. The highest BCUT2D eigenvalue weighted by Gasteiger charge is 2.10. The molecule has 0 unspecified atom stereocenters. The highest BCUT2D eigenvalue weighted by molar-refractivity contribution is 7.80. The lowest BCUT2D eigenvalue weighted by Gasteiger charge is -2.14. The molecule has 0 fully saturated rings. The van der Waals surface area contributed by atoms with Crippen LogP contribution in [0.15, 0.2) is 30.6 Å². The highest BCUT2D eigenvalue weighted by atomic mass is 32.1. The van der Waals surface area contributed by atoms with Crippen LogP contribution in [0.2, 0.25) is 0 Å². The van der Waals surface area contributed by atoms with Crippen LogP contribution in [0, 0.1) is 0 Å². The number of anilines is 2. The van der Waals surface area contributed by atoms with Gasteiger partial charge in [0.2, 0.25) is 0 Å². The third kappa shape index (κ3) is 2.48. The summed E-state index contributed by atoms with van der Waals surface area (Å²) in [6, 6.07) is 5.89. The van der Waals surface area contributed by atoms with E-state index >= 15 is 0 Å². The minimum atomic E-state index is 0.271. The maximum Gasteiger partial charge on any atom is 0.128 e. The third-order valence-electron chi connectivity index (χ3n) is 2.46. The Hall–Kier alpha value is -1.95. The summed E-state index contributed by atoms with van der Waals surface area (Å²) in [7, 11) is 0. The number of nitrogens with one attached hydrogen (secondary N) is 1. The molecule has 2 aromatic heterocycles. The molecule has 0 aromatic carbocycles. The summed E-state index contributed by atoms with van der Waals surface area (Å²) in [6.45, 7) is 4.13. The highest BCUT2D eigenvalue weighted by Crippen LogP contribution is 2.21.